The molecule has 1 spiro atoms. The van der Waals surface area contributed by atoms with Crippen molar-refractivity contribution in [1.82, 2.24) is 4.90 Å². The molecule has 2 fully saturated rings. The van der Waals surface area contributed by atoms with Crippen LogP contribution in [0.5, 0.6) is 0 Å². The van der Waals surface area contributed by atoms with Gasteiger partial charge in [0.15, 0.2) is 0 Å². The van der Waals surface area contributed by atoms with Crippen LogP contribution >= 0.6 is 11.8 Å². The molecule has 0 aliphatic carbocycles. The molecule has 4 nitrogen and oxygen atoms in total. The van der Waals surface area contributed by atoms with Crippen LogP contribution < -0.4 is 0 Å². The van der Waals surface area contributed by atoms with Crippen molar-refractivity contribution >= 4 is 11.8 Å². The molecule has 0 saturated carbocycles. The molecule has 2 atom stereocenters. The number of hydrogen-bond acceptors (Lipinski definition) is 5. The minimum Gasteiger partial charge on any atom is -0.383 e. The maximum absolute atomic E-state index is 8.81. The van der Waals surface area contributed by atoms with Crippen molar-refractivity contribution in [3.63, 3.8) is 0 Å². The van der Waals surface area contributed by atoms with Crippen LogP contribution in [0.15, 0.2) is 0 Å². The quantitative estimate of drug-likeness (QED) is 0.745. The van der Waals surface area contributed by atoms with E-state index < -0.39 is 0 Å². The molecule has 0 bridgehead atoms. The van der Waals surface area contributed by atoms with E-state index in [0.29, 0.717) is 12.5 Å². The number of methoxy groups -OCH3 is 1. The minimum atomic E-state index is 0.117. The normalized spacial score (nSPS) is 30.9. The van der Waals surface area contributed by atoms with Crippen molar-refractivity contribution in [2.75, 3.05) is 44.9 Å². The maximum Gasteiger partial charge on any atom is 0.0795 e. The Morgan fingerprint density at radius 2 is 2.42 bits per heavy atom. The van der Waals surface area contributed by atoms with E-state index in [2.05, 4.69) is 11.0 Å². The summed E-state index contributed by atoms with van der Waals surface area (Å²) in [5, 5.41) is 8.81. The molecule has 0 aromatic carbocycles. The smallest absolute Gasteiger partial charge is 0.0795 e. The van der Waals surface area contributed by atoms with Crippen molar-refractivity contribution < 1.29 is 9.47 Å². The second kappa shape index (κ2) is 7.49. The van der Waals surface area contributed by atoms with Gasteiger partial charge >= 0.3 is 0 Å². The molecule has 19 heavy (non-hydrogen) atoms. The Bertz CT molecular complexity index is 313. The molecule has 2 unspecified atom stereocenters. The highest BCUT2D eigenvalue weighted by Crippen LogP contribution is 2.39. The second-order valence-electron chi connectivity index (χ2n) is 5.42. The van der Waals surface area contributed by atoms with Gasteiger partial charge in [0.1, 0.15) is 0 Å². The van der Waals surface area contributed by atoms with Crippen molar-refractivity contribution in [3.05, 3.63) is 0 Å². The van der Waals surface area contributed by atoms with Crippen LogP contribution in [0, 0.1) is 11.3 Å². The average molecular weight is 284 g/mol. The van der Waals surface area contributed by atoms with E-state index in [9.17, 15) is 0 Å². The van der Waals surface area contributed by atoms with Gasteiger partial charge in [-0.3, -0.25) is 4.90 Å². The summed E-state index contributed by atoms with van der Waals surface area (Å²) >= 11 is 2.01. The lowest BCUT2D eigenvalue weighted by Crippen LogP contribution is -2.49. The first kappa shape index (κ1) is 15.1. The summed E-state index contributed by atoms with van der Waals surface area (Å²) in [6.45, 7) is 3.38. The monoisotopic (exact) mass is 284 g/mol. The zero-order valence-electron chi connectivity index (χ0n) is 11.8. The van der Waals surface area contributed by atoms with Gasteiger partial charge in [-0.15, -0.1) is 0 Å². The number of ether oxygens (including phenoxy) is 2. The third kappa shape index (κ3) is 4.09. The molecule has 0 aromatic rings. The van der Waals surface area contributed by atoms with Crippen molar-refractivity contribution in [2.45, 2.75) is 37.3 Å². The first-order valence-electron chi connectivity index (χ1n) is 7.11. The predicted octanol–water partition coefficient (Wildman–Crippen LogP) is 1.90. The van der Waals surface area contributed by atoms with Gasteiger partial charge in [0.05, 0.1) is 18.3 Å². The summed E-state index contributed by atoms with van der Waals surface area (Å²) in [7, 11) is 1.74. The molecule has 2 rings (SSSR count). The lowest BCUT2D eigenvalue weighted by Gasteiger charge is -2.42. The Morgan fingerprint density at radius 3 is 3.11 bits per heavy atom. The Kier molecular flexibility index (Phi) is 5.96. The highest BCUT2D eigenvalue weighted by Gasteiger charge is 2.41. The van der Waals surface area contributed by atoms with E-state index in [4.69, 9.17) is 14.7 Å². The van der Waals surface area contributed by atoms with Gasteiger partial charge in [0.25, 0.3) is 0 Å². The van der Waals surface area contributed by atoms with Gasteiger partial charge in [-0.2, -0.15) is 17.0 Å². The molecule has 2 aliphatic heterocycles. The van der Waals surface area contributed by atoms with Crippen molar-refractivity contribution in [3.8, 4) is 6.07 Å². The second-order valence-corrected chi connectivity index (χ2v) is 6.52. The minimum absolute atomic E-state index is 0.117. The standard InChI is InChI=1S/C14H24N2O2S/c1-17-9-7-16(6-2-5-15)13-3-8-18-14(11-13)4-10-19-12-14/h13H,2-4,6-12H2,1H3. The lowest BCUT2D eigenvalue weighted by atomic mass is 9.89. The Morgan fingerprint density at radius 1 is 1.53 bits per heavy atom. The maximum atomic E-state index is 8.81. The SMILES string of the molecule is COCCN(CCC#N)C1CCOC2(CCSC2)C1. The van der Waals surface area contributed by atoms with Gasteiger partial charge in [-0.1, -0.05) is 0 Å². The molecular weight excluding hydrogens is 260 g/mol. The summed E-state index contributed by atoms with van der Waals surface area (Å²) in [6, 6.07) is 2.81. The zero-order chi connectivity index (χ0) is 13.6. The summed E-state index contributed by atoms with van der Waals surface area (Å²) < 4.78 is 11.3. The van der Waals surface area contributed by atoms with E-state index in [1.165, 1.54) is 12.2 Å². The van der Waals surface area contributed by atoms with Crippen molar-refractivity contribution in [2.24, 2.45) is 0 Å². The number of nitriles is 1. The summed E-state index contributed by atoms with van der Waals surface area (Å²) in [5.74, 6) is 2.36. The van der Waals surface area contributed by atoms with Crippen LogP contribution in [0.4, 0.5) is 0 Å². The summed E-state index contributed by atoms with van der Waals surface area (Å²) in [4.78, 5) is 2.43. The Balaban J connectivity index is 1.93. The first-order valence-corrected chi connectivity index (χ1v) is 8.27. The van der Waals surface area contributed by atoms with Gasteiger partial charge in [0.2, 0.25) is 0 Å². The fraction of sp³-hybridized carbons (Fsp3) is 0.929. The van der Waals surface area contributed by atoms with E-state index in [-0.39, 0.29) is 5.60 Å². The van der Waals surface area contributed by atoms with Gasteiger partial charge in [-0.05, 0) is 25.0 Å². The van der Waals surface area contributed by atoms with Gasteiger partial charge in [-0.25, -0.2) is 0 Å². The predicted molar refractivity (Wildman–Crippen MR) is 77.3 cm³/mol. The molecule has 0 radical (unpaired) electrons. The number of nitrogens with zero attached hydrogens (tertiary/aromatic N) is 2. The Hall–Kier alpha value is -0.280. The van der Waals surface area contributed by atoms with Crippen LogP contribution in [0.25, 0.3) is 0 Å². The van der Waals surface area contributed by atoms with E-state index >= 15 is 0 Å². The molecule has 2 heterocycles. The first-order chi connectivity index (χ1) is 9.29. The molecule has 5 heteroatoms. The highest BCUT2D eigenvalue weighted by atomic mass is 32.2. The van der Waals surface area contributed by atoms with E-state index in [1.807, 2.05) is 11.8 Å². The topological polar surface area (TPSA) is 45.5 Å². The van der Waals surface area contributed by atoms with Crippen LogP contribution in [0.1, 0.15) is 25.7 Å². The highest BCUT2D eigenvalue weighted by molar-refractivity contribution is 7.99. The molecule has 0 aromatic heterocycles. The molecule has 2 aliphatic rings. The van der Waals surface area contributed by atoms with Crippen LogP contribution in [0.3, 0.4) is 0 Å². The molecule has 0 N–H and O–H groups in total. The fourth-order valence-corrected chi connectivity index (χ4v) is 4.43. The van der Waals surface area contributed by atoms with Gasteiger partial charge < -0.3 is 9.47 Å². The van der Waals surface area contributed by atoms with Gasteiger partial charge in [0, 0.05) is 45.0 Å². The third-order valence-electron chi connectivity index (χ3n) is 4.14. The van der Waals surface area contributed by atoms with Crippen LogP contribution in [0.2, 0.25) is 0 Å². The molecular formula is C14H24N2O2S. The number of hydrogen-bond donors (Lipinski definition) is 0. The van der Waals surface area contributed by atoms with Crippen LogP contribution in [-0.2, 0) is 9.47 Å². The molecule has 0 amide bonds. The largest absolute Gasteiger partial charge is 0.383 e. The lowest BCUT2D eigenvalue weighted by molar-refractivity contribution is -0.0909. The van der Waals surface area contributed by atoms with Crippen molar-refractivity contribution in [1.29, 1.82) is 5.26 Å². The Labute approximate surface area is 120 Å². The molecule has 108 valence electrons. The zero-order valence-corrected chi connectivity index (χ0v) is 12.6. The fourth-order valence-electron chi connectivity index (χ4n) is 3.06. The number of rotatable bonds is 6. The van der Waals surface area contributed by atoms with E-state index in [0.717, 1.165) is 44.9 Å². The molecule has 2 saturated heterocycles. The average Bonchev–Trinajstić information content (AvgIpc) is 2.87. The third-order valence-corrected chi connectivity index (χ3v) is 5.37. The van der Waals surface area contributed by atoms with Crippen LogP contribution in [-0.4, -0.2) is 61.5 Å². The number of thioether (sulfide) groups is 1. The summed E-state index contributed by atoms with van der Waals surface area (Å²) in [5.41, 5.74) is 0.117. The van der Waals surface area contributed by atoms with E-state index in [1.54, 1.807) is 7.11 Å². The summed E-state index contributed by atoms with van der Waals surface area (Å²) in [6.07, 6.45) is 3.99.